The summed E-state index contributed by atoms with van der Waals surface area (Å²) in [5.41, 5.74) is 20.5. The van der Waals surface area contributed by atoms with Crippen molar-refractivity contribution in [2.24, 2.45) is 0 Å². The van der Waals surface area contributed by atoms with Crippen LogP contribution < -0.4 is 0 Å². The molecular formula is C64H39N3. The number of hydrogen-bond acceptors (Lipinski definition) is 2. The molecule has 310 valence electrons. The van der Waals surface area contributed by atoms with Crippen molar-refractivity contribution in [2.45, 2.75) is 10.8 Å². The van der Waals surface area contributed by atoms with Crippen LogP contribution in [-0.4, -0.2) is 14.5 Å². The molecule has 0 amide bonds. The topological polar surface area (TPSA) is 30.7 Å². The zero-order chi connectivity index (χ0) is 43.8. The molecule has 0 atom stereocenters. The lowest BCUT2D eigenvalue weighted by Gasteiger charge is -2.48. The molecule has 3 aliphatic rings. The third-order valence-electron chi connectivity index (χ3n) is 15.3. The average Bonchev–Trinajstić information content (AvgIpc) is 4.00. The van der Waals surface area contributed by atoms with E-state index in [1.165, 1.54) is 88.3 Å². The average molecular weight is 850 g/mol. The summed E-state index contributed by atoms with van der Waals surface area (Å²) < 4.78 is 2.35. The molecule has 0 saturated carbocycles. The predicted molar refractivity (Wildman–Crippen MR) is 273 cm³/mol. The fourth-order valence-electron chi connectivity index (χ4n) is 12.8. The van der Waals surface area contributed by atoms with Gasteiger partial charge in [-0.25, -0.2) is 9.97 Å². The molecular weight excluding hydrogens is 811 g/mol. The number of aromatic nitrogens is 3. The zero-order valence-corrected chi connectivity index (χ0v) is 36.4. The molecule has 0 radical (unpaired) electrons. The van der Waals surface area contributed by atoms with Crippen molar-refractivity contribution in [3.8, 4) is 50.7 Å². The Hall–Kier alpha value is -8.66. The summed E-state index contributed by atoms with van der Waals surface area (Å²) in [6.07, 6.45) is 0. The van der Waals surface area contributed by atoms with Crippen molar-refractivity contribution in [3.05, 3.63) is 281 Å². The Morgan fingerprint density at radius 2 is 0.731 bits per heavy atom. The maximum Gasteiger partial charge on any atom is 0.235 e. The number of nitrogens with zero attached hydrogens (tertiary/aromatic N) is 3. The van der Waals surface area contributed by atoms with Gasteiger partial charge in [0.2, 0.25) is 5.95 Å². The fraction of sp³-hybridized carbons (Fsp3) is 0.0312. The highest BCUT2D eigenvalue weighted by Gasteiger charge is 2.59. The van der Waals surface area contributed by atoms with Crippen molar-refractivity contribution in [2.75, 3.05) is 0 Å². The maximum absolute atomic E-state index is 5.50. The van der Waals surface area contributed by atoms with Crippen molar-refractivity contribution >= 4 is 32.6 Å². The minimum Gasteiger partial charge on any atom is -0.278 e. The second-order valence-corrected chi connectivity index (χ2v) is 18.3. The normalized spacial score (nSPS) is 14.2. The van der Waals surface area contributed by atoms with Gasteiger partial charge >= 0.3 is 0 Å². The van der Waals surface area contributed by atoms with E-state index in [-0.39, 0.29) is 0 Å². The molecule has 0 bridgehead atoms. The van der Waals surface area contributed by atoms with Crippen LogP contribution >= 0.6 is 0 Å². The molecule has 15 rings (SSSR count). The first-order chi connectivity index (χ1) is 33.2. The number of fused-ring (bicyclic) bond motifs is 21. The fourth-order valence-corrected chi connectivity index (χ4v) is 12.8. The molecule has 0 unspecified atom stereocenters. The molecule has 67 heavy (non-hydrogen) atoms. The van der Waals surface area contributed by atoms with E-state index < -0.39 is 10.8 Å². The first-order valence-corrected chi connectivity index (χ1v) is 23.2. The van der Waals surface area contributed by atoms with E-state index in [0.29, 0.717) is 5.95 Å². The van der Waals surface area contributed by atoms with Gasteiger partial charge in [0, 0.05) is 21.9 Å². The van der Waals surface area contributed by atoms with Gasteiger partial charge in [0.15, 0.2) is 0 Å². The highest BCUT2D eigenvalue weighted by Crippen LogP contribution is 2.67. The lowest BCUT2D eigenvalue weighted by atomic mass is 9.52. The van der Waals surface area contributed by atoms with Gasteiger partial charge in [0.05, 0.1) is 33.3 Å². The van der Waals surface area contributed by atoms with Crippen LogP contribution in [0.3, 0.4) is 0 Å². The number of rotatable bonds is 3. The first kappa shape index (κ1) is 36.7. The molecule has 2 spiro atoms. The summed E-state index contributed by atoms with van der Waals surface area (Å²) in [5, 5.41) is 4.79. The van der Waals surface area contributed by atoms with Crippen LogP contribution in [0.4, 0.5) is 0 Å². The molecule has 12 aromatic rings. The summed E-state index contributed by atoms with van der Waals surface area (Å²) in [6.45, 7) is 0. The van der Waals surface area contributed by atoms with Crippen molar-refractivity contribution in [1.82, 2.24) is 14.5 Å². The number of benzene rings is 10. The Kier molecular flexibility index (Phi) is 7.36. The van der Waals surface area contributed by atoms with Gasteiger partial charge in [-0.3, -0.25) is 4.57 Å². The first-order valence-electron chi connectivity index (χ1n) is 23.2. The van der Waals surface area contributed by atoms with Crippen LogP contribution in [0, 0.1) is 0 Å². The lowest BCUT2D eigenvalue weighted by Crippen LogP contribution is -2.43. The molecule has 0 saturated heterocycles. The summed E-state index contributed by atoms with van der Waals surface area (Å²) in [7, 11) is 0. The van der Waals surface area contributed by atoms with Gasteiger partial charge in [-0.15, -0.1) is 0 Å². The van der Waals surface area contributed by atoms with Crippen LogP contribution in [-0.2, 0) is 10.8 Å². The quantitative estimate of drug-likeness (QED) is 0.177. The third-order valence-corrected chi connectivity index (χ3v) is 15.3. The minimum absolute atomic E-state index is 0.513. The Morgan fingerprint density at radius 1 is 0.299 bits per heavy atom. The van der Waals surface area contributed by atoms with Crippen LogP contribution in [0.25, 0.3) is 83.3 Å². The van der Waals surface area contributed by atoms with E-state index in [2.05, 4.69) is 241 Å². The zero-order valence-electron chi connectivity index (χ0n) is 36.4. The summed E-state index contributed by atoms with van der Waals surface area (Å²) in [6, 6.07) is 87.5. The minimum atomic E-state index is -0.643. The van der Waals surface area contributed by atoms with Gasteiger partial charge in [-0.05, 0) is 102 Å². The van der Waals surface area contributed by atoms with Gasteiger partial charge < -0.3 is 0 Å². The SMILES string of the molecule is c1ccc(-c2cc(-c3ccccc3)nc(-n3c4cc5c(cc4c4c6ccccc6ccc43)-c3ccccc3C53c4ccccc4C4(c5ccccc5-c5ccccc54)c4ccccc43)n2)cc1. The van der Waals surface area contributed by atoms with Gasteiger partial charge in [0.1, 0.15) is 0 Å². The highest BCUT2D eigenvalue weighted by atomic mass is 15.2. The van der Waals surface area contributed by atoms with Crippen molar-refractivity contribution < 1.29 is 0 Å². The molecule has 3 nitrogen and oxygen atoms in total. The number of hydrogen-bond donors (Lipinski definition) is 0. The largest absolute Gasteiger partial charge is 0.278 e. The predicted octanol–water partition coefficient (Wildman–Crippen LogP) is 15.1. The van der Waals surface area contributed by atoms with Crippen LogP contribution in [0.1, 0.15) is 44.5 Å². The smallest absolute Gasteiger partial charge is 0.235 e. The van der Waals surface area contributed by atoms with Crippen molar-refractivity contribution in [1.29, 1.82) is 0 Å². The van der Waals surface area contributed by atoms with E-state index in [9.17, 15) is 0 Å². The van der Waals surface area contributed by atoms with Gasteiger partial charge in [-0.1, -0.05) is 212 Å². The molecule has 0 fully saturated rings. The van der Waals surface area contributed by atoms with Crippen molar-refractivity contribution in [3.63, 3.8) is 0 Å². The molecule has 0 N–H and O–H groups in total. The molecule has 10 aromatic carbocycles. The highest BCUT2D eigenvalue weighted by molar-refractivity contribution is 6.22. The third kappa shape index (κ3) is 4.65. The monoisotopic (exact) mass is 849 g/mol. The Morgan fingerprint density at radius 3 is 1.27 bits per heavy atom. The van der Waals surface area contributed by atoms with Crippen LogP contribution in [0.2, 0.25) is 0 Å². The van der Waals surface area contributed by atoms with E-state index >= 15 is 0 Å². The van der Waals surface area contributed by atoms with E-state index in [1.807, 2.05) is 0 Å². The second-order valence-electron chi connectivity index (χ2n) is 18.3. The van der Waals surface area contributed by atoms with E-state index in [0.717, 1.165) is 33.5 Å². The Labute approximate surface area is 388 Å². The molecule has 3 heteroatoms. The van der Waals surface area contributed by atoms with Crippen LogP contribution in [0.5, 0.6) is 0 Å². The second kappa shape index (κ2) is 13.4. The van der Waals surface area contributed by atoms with Gasteiger partial charge in [0.25, 0.3) is 0 Å². The standard InChI is InChI=1S/C64H39N3/c1-3-20-41(21-4-1)57-39-58(42-22-5-2-6-23-42)66-62(65-57)67-59-36-35-40-19-7-8-24-43(40)61(59)48-37-47-46-27-11-14-30-51(46)64(56(47)38-60(48)67)54-33-17-15-31-52(54)63(53-32-16-18-34-55(53)64)49-28-12-9-25-44(49)45-26-10-13-29-50(45)63/h1-39H. The maximum atomic E-state index is 5.50. The summed E-state index contributed by atoms with van der Waals surface area (Å²) >= 11 is 0. The van der Waals surface area contributed by atoms with Crippen LogP contribution in [0.15, 0.2) is 237 Å². The Bertz CT molecular complexity index is 3900. The lowest BCUT2D eigenvalue weighted by molar-refractivity contribution is 0.633. The molecule has 3 aliphatic carbocycles. The molecule has 2 heterocycles. The Balaban J connectivity index is 1.10. The van der Waals surface area contributed by atoms with E-state index in [1.54, 1.807) is 0 Å². The molecule has 0 aliphatic heterocycles. The molecule has 2 aromatic heterocycles. The van der Waals surface area contributed by atoms with Gasteiger partial charge in [-0.2, -0.15) is 0 Å². The van der Waals surface area contributed by atoms with E-state index in [4.69, 9.17) is 9.97 Å². The summed E-state index contributed by atoms with van der Waals surface area (Å²) in [4.78, 5) is 11.0. The summed E-state index contributed by atoms with van der Waals surface area (Å²) in [5.74, 6) is 0.641.